The van der Waals surface area contributed by atoms with E-state index in [9.17, 15) is 9.59 Å². The van der Waals surface area contributed by atoms with Gasteiger partial charge in [0.15, 0.2) is 0 Å². The average molecular weight is 421 g/mol. The van der Waals surface area contributed by atoms with Crippen molar-refractivity contribution < 1.29 is 14.3 Å². The molecule has 31 heavy (non-hydrogen) atoms. The van der Waals surface area contributed by atoms with Crippen molar-refractivity contribution >= 4 is 28.9 Å². The van der Waals surface area contributed by atoms with Crippen molar-refractivity contribution in [2.45, 2.75) is 33.2 Å². The Morgan fingerprint density at radius 3 is 2.55 bits per heavy atom. The number of aryl methyl sites for hydroxylation is 2. The van der Waals surface area contributed by atoms with Crippen LogP contribution in [0.2, 0.25) is 0 Å². The highest BCUT2D eigenvalue weighted by molar-refractivity contribution is 6.44. The number of carbonyl (C=O) groups is 2. The molecule has 1 N–H and O–H groups in total. The second-order valence-electron chi connectivity index (χ2n) is 8.08. The number of benzene rings is 2. The molecule has 7 heteroatoms. The molecule has 0 unspecified atom stereocenters. The molecule has 162 valence electrons. The summed E-state index contributed by atoms with van der Waals surface area (Å²) in [6.07, 6.45) is 0.596. The molecule has 2 aromatic rings. The van der Waals surface area contributed by atoms with Crippen molar-refractivity contribution in [3.8, 4) is 0 Å². The van der Waals surface area contributed by atoms with Gasteiger partial charge in [-0.2, -0.15) is 5.10 Å². The number of hydrogen-bond acceptors (Lipinski definition) is 5. The molecular weight excluding hydrogens is 392 g/mol. The SMILES string of the molecule is Cc1ccc(C)c(N2N=C(C(=O)Nc3ccc(CN4CCOCC4)cc3)CCC2=O)c1. The van der Waals surface area contributed by atoms with Gasteiger partial charge in [0.25, 0.3) is 5.91 Å². The minimum Gasteiger partial charge on any atom is -0.379 e. The number of rotatable bonds is 5. The lowest BCUT2D eigenvalue weighted by atomic mass is 10.1. The maximum Gasteiger partial charge on any atom is 0.271 e. The Morgan fingerprint density at radius 1 is 1.06 bits per heavy atom. The van der Waals surface area contributed by atoms with Crippen molar-refractivity contribution in [3.05, 3.63) is 59.2 Å². The lowest BCUT2D eigenvalue weighted by Crippen LogP contribution is -2.36. The molecule has 0 atom stereocenters. The van der Waals surface area contributed by atoms with Gasteiger partial charge in [-0.3, -0.25) is 14.5 Å². The third-order valence-corrected chi connectivity index (χ3v) is 5.61. The Hall–Kier alpha value is -3.03. The van der Waals surface area contributed by atoms with Crippen molar-refractivity contribution in [2.24, 2.45) is 5.10 Å². The molecule has 0 radical (unpaired) electrons. The van der Waals surface area contributed by atoms with Crippen molar-refractivity contribution in [1.29, 1.82) is 0 Å². The number of morpholine rings is 1. The number of amides is 2. The Kier molecular flexibility index (Phi) is 6.44. The van der Waals surface area contributed by atoms with E-state index in [-0.39, 0.29) is 18.2 Å². The first-order chi connectivity index (χ1) is 15.0. The van der Waals surface area contributed by atoms with Crippen LogP contribution in [-0.4, -0.2) is 48.7 Å². The monoisotopic (exact) mass is 420 g/mol. The minimum absolute atomic E-state index is 0.0993. The molecule has 0 spiro atoms. The molecule has 2 heterocycles. The van der Waals surface area contributed by atoms with Crippen molar-refractivity contribution in [1.82, 2.24) is 4.90 Å². The largest absolute Gasteiger partial charge is 0.379 e. The Bertz CT molecular complexity index is 994. The number of nitrogens with zero attached hydrogens (tertiary/aromatic N) is 3. The van der Waals surface area contributed by atoms with Crippen molar-refractivity contribution in [2.75, 3.05) is 36.6 Å². The van der Waals surface area contributed by atoms with Crippen LogP contribution >= 0.6 is 0 Å². The molecule has 2 aliphatic heterocycles. The van der Waals surface area contributed by atoms with Gasteiger partial charge in [0.2, 0.25) is 5.91 Å². The highest BCUT2D eigenvalue weighted by Gasteiger charge is 2.26. The van der Waals surface area contributed by atoms with E-state index >= 15 is 0 Å². The first kappa shape index (κ1) is 21.2. The molecule has 2 amide bonds. The van der Waals surface area contributed by atoms with Crippen LogP contribution in [0.4, 0.5) is 11.4 Å². The number of hydrazone groups is 1. The number of carbonyl (C=O) groups excluding carboxylic acids is 2. The highest BCUT2D eigenvalue weighted by atomic mass is 16.5. The predicted molar refractivity (Wildman–Crippen MR) is 121 cm³/mol. The first-order valence-corrected chi connectivity index (χ1v) is 10.7. The fraction of sp³-hybridized carbons (Fsp3) is 0.375. The van der Waals surface area contributed by atoms with Gasteiger partial charge in [-0.15, -0.1) is 0 Å². The first-order valence-electron chi connectivity index (χ1n) is 10.7. The third kappa shape index (κ3) is 5.18. The highest BCUT2D eigenvalue weighted by Crippen LogP contribution is 2.25. The van der Waals surface area contributed by atoms with E-state index in [0.717, 1.165) is 49.7 Å². The van der Waals surface area contributed by atoms with Crippen LogP contribution in [0.3, 0.4) is 0 Å². The Labute approximate surface area is 182 Å². The summed E-state index contributed by atoms with van der Waals surface area (Å²) in [6, 6.07) is 13.7. The zero-order chi connectivity index (χ0) is 21.8. The molecule has 4 rings (SSSR count). The smallest absolute Gasteiger partial charge is 0.271 e. The minimum atomic E-state index is -0.274. The maximum atomic E-state index is 12.8. The molecule has 7 nitrogen and oxygen atoms in total. The van der Waals surface area contributed by atoms with Crippen LogP contribution in [0.25, 0.3) is 0 Å². The van der Waals surface area contributed by atoms with Crippen LogP contribution in [0.1, 0.15) is 29.5 Å². The summed E-state index contributed by atoms with van der Waals surface area (Å²) in [5, 5.41) is 8.68. The second-order valence-corrected chi connectivity index (χ2v) is 8.08. The molecule has 1 fully saturated rings. The van der Waals surface area contributed by atoms with Crippen LogP contribution in [0.15, 0.2) is 47.6 Å². The molecule has 2 aromatic carbocycles. The van der Waals surface area contributed by atoms with E-state index in [4.69, 9.17) is 4.74 Å². The number of ether oxygens (including phenoxy) is 1. The Morgan fingerprint density at radius 2 is 1.81 bits per heavy atom. The maximum absolute atomic E-state index is 12.8. The predicted octanol–water partition coefficient (Wildman–Crippen LogP) is 3.26. The summed E-state index contributed by atoms with van der Waals surface area (Å²) in [5.74, 6) is -0.374. The Balaban J connectivity index is 1.43. The summed E-state index contributed by atoms with van der Waals surface area (Å²) in [5.41, 5.74) is 4.98. The van der Waals surface area contributed by atoms with Gasteiger partial charge in [0.05, 0.1) is 18.9 Å². The molecule has 0 bridgehead atoms. The summed E-state index contributed by atoms with van der Waals surface area (Å²) in [7, 11) is 0. The summed E-state index contributed by atoms with van der Waals surface area (Å²) in [6.45, 7) is 8.20. The van der Waals surface area contributed by atoms with E-state index in [1.54, 1.807) is 0 Å². The molecule has 0 saturated carbocycles. The second kappa shape index (κ2) is 9.41. The summed E-state index contributed by atoms with van der Waals surface area (Å²) >= 11 is 0. The normalized spacial score (nSPS) is 17.4. The van der Waals surface area contributed by atoms with Crippen LogP contribution < -0.4 is 10.3 Å². The molecule has 2 aliphatic rings. The average Bonchev–Trinajstić information content (AvgIpc) is 2.78. The molecular formula is C24H28N4O3. The van der Waals surface area contributed by atoms with Gasteiger partial charge < -0.3 is 10.1 Å². The number of nitrogens with one attached hydrogen (secondary N) is 1. The fourth-order valence-corrected chi connectivity index (χ4v) is 3.77. The molecule has 1 saturated heterocycles. The van der Waals surface area contributed by atoms with Gasteiger partial charge in [0.1, 0.15) is 5.71 Å². The standard InChI is InChI=1S/C24H28N4O3/c1-17-3-4-18(2)22(15-17)28-23(29)10-9-21(26-28)24(30)25-20-7-5-19(6-8-20)16-27-11-13-31-14-12-27/h3-8,15H,9-14,16H2,1-2H3,(H,25,30). The zero-order valence-electron chi connectivity index (χ0n) is 18.1. The zero-order valence-corrected chi connectivity index (χ0v) is 18.1. The topological polar surface area (TPSA) is 74.2 Å². The van der Waals surface area contributed by atoms with Crippen LogP contribution in [0, 0.1) is 13.8 Å². The number of hydrogen-bond donors (Lipinski definition) is 1. The van der Waals surface area contributed by atoms with E-state index in [2.05, 4.69) is 15.3 Å². The molecule has 0 aromatic heterocycles. The van der Waals surface area contributed by atoms with Gasteiger partial charge >= 0.3 is 0 Å². The van der Waals surface area contributed by atoms with Gasteiger partial charge in [-0.1, -0.05) is 24.3 Å². The third-order valence-electron chi connectivity index (χ3n) is 5.61. The summed E-state index contributed by atoms with van der Waals surface area (Å²) in [4.78, 5) is 27.6. The van der Waals surface area contributed by atoms with Crippen LogP contribution in [0.5, 0.6) is 0 Å². The van der Waals surface area contributed by atoms with E-state index in [1.165, 1.54) is 10.6 Å². The lowest BCUT2D eigenvalue weighted by molar-refractivity contribution is -0.118. The van der Waals surface area contributed by atoms with E-state index in [0.29, 0.717) is 17.8 Å². The van der Waals surface area contributed by atoms with Crippen LogP contribution in [-0.2, 0) is 20.9 Å². The van der Waals surface area contributed by atoms with Crippen molar-refractivity contribution in [3.63, 3.8) is 0 Å². The van der Waals surface area contributed by atoms with E-state index < -0.39 is 0 Å². The quantitative estimate of drug-likeness (QED) is 0.806. The summed E-state index contributed by atoms with van der Waals surface area (Å²) < 4.78 is 5.39. The van der Waals surface area contributed by atoms with Gasteiger partial charge in [-0.25, -0.2) is 5.01 Å². The van der Waals surface area contributed by atoms with Gasteiger partial charge in [0, 0.05) is 38.2 Å². The van der Waals surface area contributed by atoms with Gasteiger partial charge in [-0.05, 0) is 48.7 Å². The molecule has 0 aliphatic carbocycles. The number of anilines is 2. The van der Waals surface area contributed by atoms with E-state index in [1.807, 2.05) is 56.3 Å². The fourth-order valence-electron chi connectivity index (χ4n) is 3.77. The lowest BCUT2D eigenvalue weighted by Gasteiger charge is -2.26.